The summed E-state index contributed by atoms with van der Waals surface area (Å²) in [7, 11) is 0. The van der Waals surface area contributed by atoms with Crippen LogP contribution in [0.15, 0.2) is 0 Å². The summed E-state index contributed by atoms with van der Waals surface area (Å²) >= 11 is 0. The second kappa shape index (κ2) is 6.15. The SMILES string of the molecule is CC1CC(=O)C(CN2CCCN3CCCC3C2)C(C)C1. The van der Waals surface area contributed by atoms with Crippen LogP contribution in [0.4, 0.5) is 0 Å². The van der Waals surface area contributed by atoms with Gasteiger partial charge in [-0.15, -0.1) is 0 Å². The first-order valence-corrected chi connectivity index (χ1v) is 8.62. The molecular formula is C17H30N2O. The Bertz CT molecular complexity index is 357. The van der Waals surface area contributed by atoms with Gasteiger partial charge in [0.05, 0.1) is 0 Å². The van der Waals surface area contributed by atoms with Gasteiger partial charge in [-0.1, -0.05) is 13.8 Å². The fraction of sp³-hybridized carbons (Fsp3) is 0.941. The highest BCUT2D eigenvalue weighted by atomic mass is 16.1. The Morgan fingerprint density at radius 3 is 2.75 bits per heavy atom. The van der Waals surface area contributed by atoms with Crippen LogP contribution >= 0.6 is 0 Å². The zero-order valence-corrected chi connectivity index (χ0v) is 13.2. The molecule has 20 heavy (non-hydrogen) atoms. The van der Waals surface area contributed by atoms with Crippen LogP contribution in [-0.2, 0) is 4.79 Å². The van der Waals surface area contributed by atoms with E-state index in [1.807, 2.05) is 0 Å². The van der Waals surface area contributed by atoms with Crippen molar-refractivity contribution in [1.29, 1.82) is 0 Å². The van der Waals surface area contributed by atoms with Crippen LogP contribution in [0.3, 0.4) is 0 Å². The maximum Gasteiger partial charge on any atom is 0.137 e. The molecule has 0 aromatic rings. The van der Waals surface area contributed by atoms with Gasteiger partial charge >= 0.3 is 0 Å². The predicted molar refractivity (Wildman–Crippen MR) is 81.7 cm³/mol. The molecule has 2 saturated heterocycles. The molecule has 3 fully saturated rings. The van der Waals surface area contributed by atoms with Gasteiger partial charge in [0.1, 0.15) is 5.78 Å². The minimum atomic E-state index is 0.305. The Hall–Kier alpha value is -0.410. The van der Waals surface area contributed by atoms with E-state index < -0.39 is 0 Å². The summed E-state index contributed by atoms with van der Waals surface area (Å²) in [4.78, 5) is 17.6. The molecule has 0 bridgehead atoms. The quantitative estimate of drug-likeness (QED) is 0.775. The van der Waals surface area contributed by atoms with Gasteiger partial charge in [0, 0.05) is 31.5 Å². The summed E-state index contributed by atoms with van der Waals surface area (Å²) in [6, 6.07) is 0.769. The smallest absolute Gasteiger partial charge is 0.137 e. The Kier molecular flexibility index (Phi) is 4.46. The van der Waals surface area contributed by atoms with Gasteiger partial charge < -0.3 is 4.90 Å². The van der Waals surface area contributed by atoms with Crippen molar-refractivity contribution < 1.29 is 4.79 Å². The first kappa shape index (κ1) is 14.5. The van der Waals surface area contributed by atoms with E-state index in [0.717, 1.165) is 19.0 Å². The first-order chi connectivity index (χ1) is 9.63. The van der Waals surface area contributed by atoms with Crippen molar-refractivity contribution in [2.24, 2.45) is 17.8 Å². The highest BCUT2D eigenvalue weighted by molar-refractivity contribution is 5.82. The van der Waals surface area contributed by atoms with Crippen LogP contribution < -0.4 is 0 Å². The summed E-state index contributed by atoms with van der Waals surface area (Å²) < 4.78 is 0. The van der Waals surface area contributed by atoms with Crippen molar-refractivity contribution >= 4 is 5.78 Å². The van der Waals surface area contributed by atoms with Gasteiger partial charge in [-0.05, 0) is 57.2 Å². The van der Waals surface area contributed by atoms with E-state index in [-0.39, 0.29) is 0 Å². The average molecular weight is 278 g/mol. The van der Waals surface area contributed by atoms with Crippen molar-refractivity contribution in [2.75, 3.05) is 32.7 Å². The molecule has 0 N–H and O–H groups in total. The number of Topliss-reactive ketones (excluding diaryl/α,β-unsaturated/α-hetero) is 1. The monoisotopic (exact) mass is 278 g/mol. The Labute approximate surface area is 123 Å². The molecule has 1 aliphatic carbocycles. The third kappa shape index (κ3) is 3.09. The Balaban J connectivity index is 1.60. The third-order valence-corrected chi connectivity index (χ3v) is 5.77. The normalized spacial score (nSPS) is 40.6. The van der Waals surface area contributed by atoms with Crippen LogP contribution in [0.25, 0.3) is 0 Å². The van der Waals surface area contributed by atoms with Crippen molar-refractivity contribution in [1.82, 2.24) is 9.80 Å². The summed E-state index contributed by atoms with van der Waals surface area (Å²) in [6.45, 7) is 10.5. The van der Waals surface area contributed by atoms with Crippen LogP contribution in [0.5, 0.6) is 0 Å². The van der Waals surface area contributed by atoms with Gasteiger partial charge in [0.25, 0.3) is 0 Å². The lowest BCUT2D eigenvalue weighted by Gasteiger charge is -2.35. The molecule has 3 aliphatic rings. The van der Waals surface area contributed by atoms with Gasteiger partial charge in [0.15, 0.2) is 0 Å². The number of carbonyl (C=O) groups excluding carboxylic acids is 1. The lowest BCUT2D eigenvalue weighted by atomic mass is 9.74. The summed E-state index contributed by atoms with van der Waals surface area (Å²) in [5, 5.41) is 0. The standard InChI is InChI=1S/C17H30N2O/c1-13-9-14(2)16(17(20)10-13)12-18-6-4-8-19-7-3-5-15(19)11-18/h13-16H,3-12H2,1-2H3. The van der Waals surface area contributed by atoms with E-state index >= 15 is 0 Å². The van der Waals surface area contributed by atoms with Crippen molar-refractivity contribution in [3.8, 4) is 0 Å². The van der Waals surface area contributed by atoms with Crippen molar-refractivity contribution in [3.05, 3.63) is 0 Å². The topological polar surface area (TPSA) is 23.6 Å². The molecular weight excluding hydrogens is 248 g/mol. The molecule has 0 aromatic heterocycles. The second-order valence-corrected chi connectivity index (χ2v) is 7.54. The average Bonchev–Trinajstić information content (AvgIpc) is 2.72. The van der Waals surface area contributed by atoms with Gasteiger partial charge in [-0.2, -0.15) is 0 Å². The largest absolute Gasteiger partial charge is 0.301 e. The predicted octanol–water partition coefficient (Wildman–Crippen LogP) is 2.41. The minimum absolute atomic E-state index is 0.305. The molecule has 3 rings (SSSR count). The van der Waals surface area contributed by atoms with E-state index in [9.17, 15) is 4.79 Å². The molecule has 4 unspecified atom stereocenters. The Morgan fingerprint density at radius 2 is 1.95 bits per heavy atom. The molecule has 0 aromatic carbocycles. The van der Waals surface area contributed by atoms with Crippen LogP contribution in [0.2, 0.25) is 0 Å². The lowest BCUT2D eigenvalue weighted by Crippen LogP contribution is -2.43. The molecule has 0 radical (unpaired) electrons. The summed E-state index contributed by atoms with van der Waals surface area (Å²) in [5.74, 6) is 2.01. The minimum Gasteiger partial charge on any atom is -0.301 e. The highest BCUT2D eigenvalue weighted by Crippen LogP contribution is 2.32. The Morgan fingerprint density at radius 1 is 1.15 bits per heavy atom. The molecule has 114 valence electrons. The molecule has 1 saturated carbocycles. The number of nitrogens with zero attached hydrogens (tertiary/aromatic N) is 2. The van der Waals surface area contributed by atoms with Crippen molar-refractivity contribution in [2.45, 2.75) is 52.0 Å². The molecule has 0 amide bonds. The number of ketones is 1. The lowest BCUT2D eigenvalue weighted by molar-refractivity contribution is -0.128. The van der Waals surface area contributed by atoms with Gasteiger partial charge in [0.2, 0.25) is 0 Å². The fourth-order valence-corrected chi connectivity index (χ4v) is 4.70. The zero-order valence-electron chi connectivity index (χ0n) is 13.2. The zero-order chi connectivity index (χ0) is 14.1. The highest BCUT2D eigenvalue weighted by Gasteiger charge is 2.35. The van der Waals surface area contributed by atoms with E-state index in [0.29, 0.717) is 23.5 Å². The fourth-order valence-electron chi connectivity index (χ4n) is 4.70. The number of hydrogen-bond donors (Lipinski definition) is 0. The third-order valence-electron chi connectivity index (χ3n) is 5.77. The van der Waals surface area contributed by atoms with Crippen LogP contribution in [0, 0.1) is 17.8 Å². The van der Waals surface area contributed by atoms with Crippen LogP contribution in [0.1, 0.15) is 46.0 Å². The summed E-state index contributed by atoms with van der Waals surface area (Å²) in [6.07, 6.45) is 6.07. The van der Waals surface area contributed by atoms with E-state index in [4.69, 9.17) is 0 Å². The summed E-state index contributed by atoms with van der Waals surface area (Å²) in [5.41, 5.74) is 0. The maximum absolute atomic E-state index is 12.4. The van der Waals surface area contributed by atoms with Gasteiger partial charge in [-0.25, -0.2) is 0 Å². The van der Waals surface area contributed by atoms with E-state index in [1.54, 1.807) is 0 Å². The van der Waals surface area contributed by atoms with E-state index in [2.05, 4.69) is 23.6 Å². The number of fused-ring (bicyclic) bond motifs is 1. The van der Waals surface area contributed by atoms with Crippen molar-refractivity contribution in [3.63, 3.8) is 0 Å². The molecule has 3 heteroatoms. The number of rotatable bonds is 2. The van der Waals surface area contributed by atoms with Gasteiger partial charge in [-0.3, -0.25) is 9.69 Å². The number of hydrogen-bond acceptors (Lipinski definition) is 3. The van der Waals surface area contributed by atoms with Crippen LogP contribution in [-0.4, -0.2) is 54.3 Å². The maximum atomic E-state index is 12.4. The molecule has 2 heterocycles. The second-order valence-electron chi connectivity index (χ2n) is 7.54. The number of carbonyl (C=O) groups is 1. The molecule has 3 nitrogen and oxygen atoms in total. The molecule has 2 aliphatic heterocycles. The first-order valence-electron chi connectivity index (χ1n) is 8.62. The molecule has 4 atom stereocenters. The van der Waals surface area contributed by atoms with E-state index in [1.165, 1.54) is 51.9 Å². The molecule has 0 spiro atoms.